The van der Waals surface area contributed by atoms with Crippen LogP contribution in [0, 0.1) is 11.8 Å². The molecule has 0 saturated carbocycles. The fraction of sp³-hybridized carbons (Fsp3) is 0.0556. The molecule has 4 rings (SSSR count). The summed E-state index contributed by atoms with van der Waals surface area (Å²) in [5, 5.41) is 9.28. The molecule has 116 valence electrons. The van der Waals surface area contributed by atoms with Crippen molar-refractivity contribution >= 4 is 27.9 Å². The van der Waals surface area contributed by atoms with Crippen molar-refractivity contribution in [3.8, 4) is 11.8 Å². The summed E-state index contributed by atoms with van der Waals surface area (Å²) >= 11 is 0. The lowest BCUT2D eigenvalue weighted by atomic mass is 10.1. The third kappa shape index (κ3) is 2.38. The highest BCUT2D eigenvalue weighted by Gasteiger charge is 2.06. The van der Waals surface area contributed by atoms with Gasteiger partial charge in [-0.1, -0.05) is 12.0 Å². The molecule has 24 heavy (non-hydrogen) atoms. The summed E-state index contributed by atoms with van der Waals surface area (Å²) in [5.74, 6) is 7.44. The van der Waals surface area contributed by atoms with Gasteiger partial charge >= 0.3 is 0 Å². The average Bonchev–Trinajstić information content (AvgIpc) is 3.02. The fourth-order valence-corrected chi connectivity index (χ4v) is 2.58. The zero-order chi connectivity index (χ0) is 16.5. The second-order valence-electron chi connectivity index (χ2n) is 5.27. The van der Waals surface area contributed by atoms with E-state index in [1.807, 2.05) is 43.6 Å². The van der Waals surface area contributed by atoms with Crippen LogP contribution in [0.2, 0.25) is 0 Å². The van der Waals surface area contributed by atoms with E-state index in [-0.39, 0.29) is 0 Å². The lowest BCUT2D eigenvalue weighted by Crippen LogP contribution is -1.97. The van der Waals surface area contributed by atoms with Crippen molar-refractivity contribution in [2.75, 3.05) is 18.1 Å². The van der Waals surface area contributed by atoms with Crippen LogP contribution in [0.3, 0.4) is 0 Å². The van der Waals surface area contributed by atoms with Gasteiger partial charge in [-0.05, 0) is 30.2 Å². The Morgan fingerprint density at radius 3 is 2.83 bits per heavy atom. The Labute approximate surface area is 138 Å². The molecular weight excluding hydrogens is 300 g/mol. The zero-order valence-corrected chi connectivity index (χ0v) is 13.0. The van der Waals surface area contributed by atoms with Gasteiger partial charge in [0.2, 0.25) is 0 Å². The van der Waals surface area contributed by atoms with Gasteiger partial charge in [-0.2, -0.15) is 5.10 Å². The first kappa shape index (κ1) is 14.0. The number of anilines is 2. The highest BCUT2D eigenvalue weighted by molar-refractivity contribution is 5.96. The van der Waals surface area contributed by atoms with Crippen LogP contribution < -0.4 is 11.1 Å². The minimum Gasteiger partial charge on any atom is -0.384 e. The molecule has 0 atom stereocenters. The van der Waals surface area contributed by atoms with Gasteiger partial charge in [0.15, 0.2) is 0 Å². The summed E-state index contributed by atoms with van der Waals surface area (Å²) in [6, 6.07) is 9.65. The number of aromatic nitrogens is 4. The van der Waals surface area contributed by atoms with E-state index < -0.39 is 0 Å². The molecule has 0 aliphatic heterocycles. The predicted molar refractivity (Wildman–Crippen MR) is 94.7 cm³/mol. The summed E-state index contributed by atoms with van der Waals surface area (Å²) in [7, 11) is 1.82. The van der Waals surface area contributed by atoms with Crippen molar-refractivity contribution < 1.29 is 0 Å². The molecule has 4 heterocycles. The molecule has 4 aromatic rings. The van der Waals surface area contributed by atoms with Gasteiger partial charge in [0, 0.05) is 36.4 Å². The monoisotopic (exact) mass is 314 g/mol. The van der Waals surface area contributed by atoms with Crippen LogP contribution in [0.4, 0.5) is 11.6 Å². The molecule has 0 aliphatic carbocycles. The topological polar surface area (TPSA) is 81.1 Å². The van der Waals surface area contributed by atoms with Gasteiger partial charge < -0.3 is 11.1 Å². The smallest absolute Gasteiger partial charge is 0.136 e. The molecule has 0 bridgehead atoms. The summed E-state index contributed by atoms with van der Waals surface area (Å²) in [5.41, 5.74) is 8.32. The van der Waals surface area contributed by atoms with E-state index in [0.717, 1.165) is 27.7 Å². The van der Waals surface area contributed by atoms with Crippen LogP contribution in [0.1, 0.15) is 11.3 Å². The number of hydrogen-bond donors (Lipinski definition) is 2. The fourth-order valence-electron chi connectivity index (χ4n) is 2.58. The molecule has 0 amide bonds. The molecule has 4 aromatic heterocycles. The molecular formula is C18H14N6. The maximum absolute atomic E-state index is 5.83. The summed E-state index contributed by atoms with van der Waals surface area (Å²) < 4.78 is 1.80. The Balaban J connectivity index is 1.84. The highest BCUT2D eigenvalue weighted by Crippen LogP contribution is 2.24. The van der Waals surface area contributed by atoms with Gasteiger partial charge in [-0.25, -0.2) is 14.5 Å². The minimum atomic E-state index is 0.450. The van der Waals surface area contributed by atoms with Crippen molar-refractivity contribution in [3.63, 3.8) is 0 Å². The molecule has 0 aliphatic rings. The summed E-state index contributed by atoms with van der Waals surface area (Å²) in [6.45, 7) is 0. The van der Waals surface area contributed by atoms with Crippen molar-refractivity contribution in [1.82, 2.24) is 19.6 Å². The molecule has 0 spiro atoms. The van der Waals surface area contributed by atoms with Gasteiger partial charge in [-0.15, -0.1) is 0 Å². The van der Waals surface area contributed by atoms with Crippen molar-refractivity contribution in [3.05, 3.63) is 60.2 Å². The van der Waals surface area contributed by atoms with Crippen LogP contribution in [-0.2, 0) is 0 Å². The Hall–Kier alpha value is -3.59. The molecule has 6 heteroatoms. The number of nitrogens with zero attached hydrogens (tertiary/aromatic N) is 4. The van der Waals surface area contributed by atoms with E-state index in [4.69, 9.17) is 5.73 Å². The van der Waals surface area contributed by atoms with Crippen molar-refractivity contribution in [2.45, 2.75) is 0 Å². The number of nitrogen functional groups attached to an aromatic ring is 1. The van der Waals surface area contributed by atoms with Crippen LogP contribution >= 0.6 is 0 Å². The third-order valence-electron chi connectivity index (χ3n) is 3.73. The number of nitrogens with one attached hydrogen (secondary N) is 1. The molecule has 0 radical (unpaired) electrons. The Bertz CT molecular complexity index is 1080. The van der Waals surface area contributed by atoms with E-state index in [1.165, 1.54) is 0 Å². The lowest BCUT2D eigenvalue weighted by Gasteiger charge is -2.06. The molecule has 3 N–H and O–H groups in total. The number of hydrogen-bond acceptors (Lipinski definition) is 5. The third-order valence-corrected chi connectivity index (χ3v) is 3.73. The molecule has 6 nitrogen and oxygen atoms in total. The van der Waals surface area contributed by atoms with E-state index in [9.17, 15) is 0 Å². The normalized spacial score (nSPS) is 10.5. The van der Waals surface area contributed by atoms with Crippen LogP contribution in [0.5, 0.6) is 0 Å². The number of rotatable bonds is 1. The second-order valence-corrected chi connectivity index (χ2v) is 5.27. The van der Waals surface area contributed by atoms with Crippen LogP contribution in [0.15, 0.2) is 48.9 Å². The van der Waals surface area contributed by atoms with Crippen molar-refractivity contribution in [1.29, 1.82) is 0 Å². The lowest BCUT2D eigenvalue weighted by molar-refractivity contribution is 0.952. The number of pyridine rings is 3. The zero-order valence-electron chi connectivity index (χ0n) is 13.0. The Morgan fingerprint density at radius 1 is 1.08 bits per heavy atom. The maximum atomic E-state index is 5.83. The maximum Gasteiger partial charge on any atom is 0.136 e. The van der Waals surface area contributed by atoms with Gasteiger partial charge in [0.05, 0.1) is 11.1 Å². The van der Waals surface area contributed by atoms with Crippen molar-refractivity contribution in [2.24, 2.45) is 0 Å². The SMILES string of the molecule is CNc1ncc(C#Cc2cc3ccccn3n2)c2cc(N)ncc12. The first-order chi connectivity index (χ1) is 11.7. The Kier molecular flexibility index (Phi) is 3.25. The van der Waals surface area contributed by atoms with E-state index in [1.54, 1.807) is 16.9 Å². The van der Waals surface area contributed by atoms with Gasteiger partial charge in [-0.3, -0.25) is 0 Å². The highest BCUT2D eigenvalue weighted by atomic mass is 15.2. The van der Waals surface area contributed by atoms with E-state index in [2.05, 4.69) is 32.2 Å². The molecule has 0 fully saturated rings. The summed E-state index contributed by atoms with van der Waals surface area (Å²) in [4.78, 5) is 8.53. The molecule has 0 saturated heterocycles. The van der Waals surface area contributed by atoms with Crippen LogP contribution in [-0.4, -0.2) is 26.6 Å². The summed E-state index contributed by atoms with van der Waals surface area (Å²) in [6.07, 6.45) is 5.33. The first-order valence-electron chi connectivity index (χ1n) is 7.43. The molecule has 0 aromatic carbocycles. The largest absolute Gasteiger partial charge is 0.384 e. The van der Waals surface area contributed by atoms with E-state index in [0.29, 0.717) is 11.5 Å². The standard InChI is InChI=1S/C18H14N6/c1-20-18-16-11-21-17(19)9-15(16)12(10-22-18)5-6-13-8-14-4-2-3-7-24(14)23-13/h2-4,7-11H,1H3,(H2,19,21)(H,20,22). The van der Waals surface area contributed by atoms with E-state index >= 15 is 0 Å². The van der Waals surface area contributed by atoms with Crippen LogP contribution in [0.25, 0.3) is 16.3 Å². The first-order valence-corrected chi connectivity index (χ1v) is 7.43. The minimum absolute atomic E-state index is 0.450. The average molecular weight is 314 g/mol. The molecule has 0 unspecified atom stereocenters. The van der Waals surface area contributed by atoms with Gasteiger partial charge in [0.25, 0.3) is 0 Å². The number of nitrogens with two attached hydrogens (primary N) is 1. The predicted octanol–water partition coefficient (Wildman–Crippen LogP) is 2.30. The Morgan fingerprint density at radius 2 is 2.00 bits per heavy atom. The quantitative estimate of drug-likeness (QED) is 0.527. The second kappa shape index (κ2) is 5.56. The number of fused-ring (bicyclic) bond motifs is 2. The van der Waals surface area contributed by atoms with Gasteiger partial charge in [0.1, 0.15) is 17.3 Å².